The Kier molecular flexibility index (Phi) is 2.46. The lowest BCUT2D eigenvalue weighted by Gasteiger charge is -1.92. The van der Waals surface area contributed by atoms with Gasteiger partial charge in [-0.2, -0.15) is 0 Å². The third-order valence-corrected chi connectivity index (χ3v) is 2.33. The molecule has 2 nitrogen and oxygen atoms in total. The molecule has 1 aromatic rings. The van der Waals surface area contributed by atoms with Crippen molar-refractivity contribution >= 4 is 28.8 Å². The van der Waals surface area contributed by atoms with Gasteiger partial charge in [0.2, 0.25) is 0 Å². The maximum absolute atomic E-state index is 12.7. The molecule has 0 aliphatic carbocycles. The minimum absolute atomic E-state index is 0.0255. The van der Waals surface area contributed by atoms with Gasteiger partial charge in [0.15, 0.2) is 0 Å². The van der Waals surface area contributed by atoms with Crippen LogP contribution in [0.15, 0.2) is 6.07 Å². The Labute approximate surface area is 72.0 Å². The summed E-state index contributed by atoms with van der Waals surface area (Å²) in [6.45, 7) is 0. The lowest BCUT2D eigenvalue weighted by atomic mass is 10.4. The molecule has 0 unspecified atom stereocenters. The van der Waals surface area contributed by atoms with Crippen LogP contribution in [0.1, 0.15) is 9.67 Å². The molecule has 1 heterocycles. The maximum Gasteiger partial charge on any atom is 0.264 e. The summed E-state index contributed by atoms with van der Waals surface area (Å²) in [4.78, 5) is 10.9. The molecule has 0 atom stereocenters. The van der Waals surface area contributed by atoms with Gasteiger partial charge in [-0.25, -0.2) is 4.39 Å². The Morgan fingerprint density at radius 3 is 2.82 bits per heavy atom. The van der Waals surface area contributed by atoms with Crippen LogP contribution in [0.25, 0.3) is 0 Å². The number of amides is 1. The molecule has 0 aromatic carbocycles. The molecule has 0 aliphatic heterocycles. The van der Waals surface area contributed by atoms with E-state index in [4.69, 9.17) is 11.6 Å². The number of hydrogen-bond acceptors (Lipinski definition) is 2. The first-order chi connectivity index (χ1) is 5.15. The lowest BCUT2D eigenvalue weighted by Crippen LogP contribution is -2.17. The number of carbonyl (C=O) groups excluding carboxylic acids is 1. The van der Waals surface area contributed by atoms with Crippen LogP contribution < -0.4 is 5.32 Å². The standard InChI is InChI=1S/C6H5ClFNOS/c1-9-6(10)5-3(8)2-4(7)11-5/h2H,1H3,(H,9,10). The van der Waals surface area contributed by atoms with Crippen molar-refractivity contribution in [1.29, 1.82) is 0 Å². The van der Waals surface area contributed by atoms with Gasteiger partial charge in [0.1, 0.15) is 10.7 Å². The molecular formula is C6H5ClFNOS. The summed E-state index contributed by atoms with van der Waals surface area (Å²) in [7, 11) is 1.44. The molecule has 1 N–H and O–H groups in total. The van der Waals surface area contributed by atoms with Crippen molar-refractivity contribution in [3.05, 3.63) is 21.1 Å². The zero-order valence-corrected chi connectivity index (χ0v) is 7.22. The van der Waals surface area contributed by atoms with Crippen molar-refractivity contribution in [2.75, 3.05) is 7.05 Å². The van der Waals surface area contributed by atoms with Crippen molar-refractivity contribution in [1.82, 2.24) is 5.32 Å². The van der Waals surface area contributed by atoms with Crippen molar-refractivity contribution < 1.29 is 9.18 Å². The fourth-order valence-corrected chi connectivity index (χ4v) is 1.65. The molecule has 60 valence electrons. The summed E-state index contributed by atoms with van der Waals surface area (Å²) in [6, 6.07) is 1.12. The first-order valence-corrected chi connectivity index (χ1v) is 4.01. The second kappa shape index (κ2) is 3.19. The highest BCUT2D eigenvalue weighted by molar-refractivity contribution is 7.18. The first kappa shape index (κ1) is 8.49. The van der Waals surface area contributed by atoms with Crippen molar-refractivity contribution in [3.8, 4) is 0 Å². The van der Waals surface area contributed by atoms with Crippen molar-refractivity contribution in [2.24, 2.45) is 0 Å². The summed E-state index contributed by atoms with van der Waals surface area (Å²) in [5.41, 5.74) is 0. The van der Waals surface area contributed by atoms with Gasteiger partial charge in [0.25, 0.3) is 5.91 Å². The van der Waals surface area contributed by atoms with E-state index in [2.05, 4.69) is 5.32 Å². The summed E-state index contributed by atoms with van der Waals surface area (Å²) < 4.78 is 13.0. The number of nitrogens with one attached hydrogen (secondary N) is 1. The van der Waals surface area contributed by atoms with E-state index in [1.54, 1.807) is 0 Å². The molecule has 1 aromatic heterocycles. The highest BCUT2D eigenvalue weighted by atomic mass is 35.5. The fourth-order valence-electron chi connectivity index (χ4n) is 0.609. The van der Waals surface area contributed by atoms with Crippen LogP contribution in [0.3, 0.4) is 0 Å². The highest BCUT2D eigenvalue weighted by Crippen LogP contribution is 2.24. The molecule has 0 saturated carbocycles. The van der Waals surface area contributed by atoms with Crippen LogP contribution in [0, 0.1) is 5.82 Å². The van der Waals surface area contributed by atoms with Gasteiger partial charge >= 0.3 is 0 Å². The van der Waals surface area contributed by atoms with E-state index < -0.39 is 11.7 Å². The van der Waals surface area contributed by atoms with Crippen LogP contribution in [-0.4, -0.2) is 13.0 Å². The highest BCUT2D eigenvalue weighted by Gasteiger charge is 2.13. The molecule has 0 saturated heterocycles. The summed E-state index contributed by atoms with van der Waals surface area (Å²) in [5.74, 6) is -1.02. The SMILES string of the molecule is CNC(=O)c1sc(Cl)cc1F. The molecule has 0 radical (unpaired) electrons. The third kappa shape index (κ3) is 1.70. The Bertz CT molecular complexity index is 286. The first-order valence-electron chi connectivity index (χ1n) is 2.82. The largest absolute Gasteiger partial charge is 0.354 e. The van der Waals surface area contributed by atoms with Gasteiger partial charge < -0.3 is 5.32 Å². The minimum atomic E-state index is -0.570. The van der Waals surface area contributed by atoms with Crippen molar-refractivity contribution in [3.63, 3.8) is 0 Å². The fraction of sp³-hybridized carbons (Fsp3) is 0.167. The number of halogens is 2. The Hall–Kier alpha value is -0.610. The summed E-state index contributed by atoms with van der Waals surface area (Å²) in [6.07, 6.45) is 0. The average Bonchev–Trinajstić information content (AvgIpc) is 2.28. The maximum atomic E-state index is 12.7. The smallest absolute Gasteiger partial charge is 0.264 e. The minimum Gasteiger partial charge on any atom is -0.354 e. The van der Waals surface area contributed by atoms with Crippen LogP contribution >= 0.6 is 22.9 Å². The van der Waals surface area contributed by atoms with Crippen LogP contribution in [-0.2, 0) is 0 Å². The molecule has 1 amide bonds. The Morgan fingerprint density at radius 1 is 1.82 bits per heavy atom. The second-order valence-corrected chi connectivity index (χ2v) is 3.49. The Morgan fingerprint density at radius 2 is 2.45 bits per heavy atom. The quantitative estimate of drug-likeness (QED) is 0.725. The van der Waals surface area contributed by atoms with E-state index in [1.807, 2.05) is 0 Å². The van der Waals surface area contributed by atoms with E-state index in [0.717, 1.165) is 17.4 Å². The van der Waals surface area contributed by atoms with Gasteiger partial charge in [-0.3, -0.25) is 4.79 Å². The van der Waals surface area contributed by atoms with E-state index >= 15 is 0 Å². The molecule has 0 bridgehead atoms. The molecule has 0 aliphatic rings. The monoisotopic (exact) mass is 193 g/mol. The molecule has 5 heteroatoms. The predicted octanol–water partition coefficient (Wildman–Crippen LogP) is 1.90. The zero-order chi connectivity index (χ0) is 8.43. The van der Waals surface area contributed by atoms with Gasteiger partial charge in [-0.05, 0) is 0 Å². The molecule has 0 fully saturated rings. The van der Waals surface area contributed by atoms with Gasteiger partial charge in [-0.1, -0.05) is 11.6 Å². The summed E-state index contributed by atoms with van der Waals surface area (Å²) in [5, 5.41) is 2.31. The number of rotatable bonds is 1. The number of carbonyl (C=O) groups is 1. The van der Waals surface area contributed by atoms with E-state index in [0.29, 0.717) is 0 Å². The molecule has 11 heavy (non-hydrogen) atoms. The molecule has 0 spiro atoms. The zero-order valence-electron chi connectivity index (χ0n) is 5.65. The molecular weight excluding hydrogens is 189 g/mol. The van der Waals surface area contributed by atoms with Crippen LogP contribution in [0.4, 0.5) is 4.39 Å². The summed E-state index contributed by atoms with van der Waals surface area (Å²) >= 11 is 6.39. The van der Waals surface area contributed by atoms with Gasteiger partial charge in [0.05, 0.1) is 4.34 Å². The predicted molar refractivity (Wildman–Crippen MR) is 42.7 cm³/mol. The average molecular weight is 194 g/mol. The molecule has 1 rings (SSSR count). The number of hydrogen-bond donors (Lipinski definition) is 1. The third-order valence-electron chi connectivity index (χ3n) is 1.09. The van der Waals surface area contributed by atoms with E-state index in [1.165, 1.54) is 7.05 Å². The number of thiophene rings is 1. The second-order valence-electron chi connectivity index (χ2n) is 1.81. The van der Waals surface area contributed by atoms with Gasteiger partial charge in [-0.15, -0.1) is 11.3 Å². The van der Waals surface area contributed by atoms with E-state index in [-0.39, 0.29) is 9.21 Å². The van der Waals surface area contributed by atoms with Crippen LogP contribution in [0.2, 0.25) is 4.34 Å². The topological polar surface area (TPSA) is 29.1 Å². The Balaban J connectivity index is 3.03. The van der Waals surface area contributed by atoms with E-state index in [9.17, 15) is 9.18 Å². The van der Waals surface area contributed by atoms with Crippen molar-refractivity contribution in [2.45, 2.75) is 0 Å². The van der Waals surface area contributed by atoms with Gasteiger partial charge in [0, 0.05) is 13.1 Å². The normalized spacial score (nSPS) is 9.73. The lowest BCUT2D eigenvalue weighted by molar-refractivity contribution is 0.0963. The van der Waals surface area contributed by atoms with Crippen LogP contribution in [0.5, 0.6) is 0 Å².